The van der Waals surface area contributed by atoms with Crippen molar-refractivity contribution in [3.63, 3.8) is 0 Å². The van der Waals surface area contributed by atoms with Crippen molar-refractivity contribution in [2.24, 2.45) is 5.73 Å². The molecule has 1 aromatic heterocycles. The van der Waals surface area contributed by atoms with E-state index < -0.39 is 17.6 Å². The Morgan fingerprint density at radius 2 is 1.92 bits per heavy atom. The Hall–Kier alpha value is -2.35. The Morgan fingerprint density at radius 1 is 1.25 bits per heavy atom. The van der Waals surface area contributed by atoms with Gasteiger partial charge in [0.15, 0.2) is 0 Å². The quantitative estimate of drug-likeness (QED) is 0.900. The lowest BCUT2D eigenvalue weighted by Crippen LogP contribution is -2.22. The maximum atomic E-state index is 12.9. The number of rotatable bonds is 3. The molecule has 0 unspecified atom stereocenters. The van der Waals surface area contributed by atoms with E-state index in [0.717, 1.165) is 12.1 Å². The number of aromatic nitrogens is 2. The Balaban J connectivity index is 2.27. The van der Waals surface area contributed by atoms with Crippen molar-refractivity contribution in [2.75, 3.05) is 5.32 Å². The second-order valence-corrected chi connectivity index (χ2v) is 6.42. The van der Waals surface area contributed by atoms with Gasteiger partial charge in [-0.3, -0.25) is 9.48 Å². The molecule has 0 radical (unpaired) electrons. The summed E-state index contributed by atoms with van der Waals surface area (Å²) in [5.74, 6) is -0.534. The van der Waals surface area contributed by atoms with Gasteiger partial charge in [-0.05, 0) is 44.5 Å². The number of hydrogen-bond donors (Lipinski definition) is 2. The third-order valence-corrected chi connectivity index (χ3v) is 3.35. The first-order chi connectivity index (χ1) is 11.0. The van der Waals surface area contributed by atoms with Crippen LogP contribution >= 0.6 is 0 Å². The minimum Gasteiger partial charge on any atom is -0.326 e. The van der Waals surface area contributed by atoms with E-state index in [9.17, 15) is 18.0 Å². The molecule has 5 nitrogen and oxygen atoms in total. The van der Waals surface area contributed by atoms with Crippen molar-refractivity contribution in [3.05, 3.63) is 47.3 Å². The number of nitrogens with one attached hydrogen (secondary N) is 1. The summed E-state index contributed by atoms with van der Waals surface area (Å²) in [5, 5.41) is 6.56. The zero-order valence-corrected chi connectivity index (χ0v) is 13.6. The molecule has 1 heterocycles. The molecule has 0 fully saturated rings. The first-order valence-corrected chi connectivity index (χ1v) is 7.28. The zero-order chi connectivity index (χ0) is 18.1. The molecular weight excluding hydrogens is 321 g/mol. The molecule has 3 N–H and O–H groups in total. The van der Waals surface area contributed by atoms with Gasteiger partial charge in [-0.15, -0.1) is 0 Å². The highest BCUT2D eigenvalue weighted by Gasteiger charge is 2.31. The van der Waals surface area contributed by atoms with Crippen LogP contribution in [0.5, 0.6) is 0 Å². The van der Waals surface area contributed by atoms with E-state index >= 15 is 0 Å². The molecule has 0 aliphatic heterocycles. The summed E-state index contributed by atoms with van der Waals surface area (Å²) in [7, 11) is 0. The number of nitrogens with zero attached hydrogens (tertiary/aromatic N) is 2. The van der Waals surface area contributed by atoms with Crippen molar-refractivity contribution < 1.29 is 18.0 Å². The number of hydrogen-bond acceptors (Lipinski definition) is 3. The topological polar surface area (TPSA) is 72.9 Å². The second-order valence-electron chi connectivity index (χ2n) is 6.42. The highest BCUT2D eigenvalue weighted by molar-refractivity contribution is 6.04. The standard InChI is InChI=1S/C16H19F3N4O/c1-15(2,3)23-9-11(8-21-23)14(24)22-13-5-10(7-20)4-12(6-13)16(17,18)19/h4-6,8-9H,7,20H2,1-3H3,(H,22,24). The Morgan fingerprint density at radius 3 is 2.42 bits per heavy atom. The van der Waals surface area contributed by atoms with E-state index in [1.165, 1.54) is 12.3 Å². The summed E-state index contributed by atoms with van der Waals surface area (Å²) in [4.78, 5) is 12.2. The largest absolute Gasteiger partial charge is 0.416 e. The van der Waals surface area contributed by atoms with Crippen molar-refractivity contribution >= 4 is 11.6 Å². The van der Waals surface area contributed by atoms with Crippen LogP contribution in [0.15, 0.2) is 30.6 Å². The predicted octanol–water partition coefficient (Wildman–Crippen LogP) is 3.37. The molecule has 8 heteroatoms. The number of halogens is 3. The van der Waals surface area contributed by atoms with Crippen LogP contribution in [-0.4, -0.2) is 15.7 Å². The van der Waals surface area contributed by atoms with Gasteiger partial charge in [0, 0.05) is 18.4 Å². The van der Waals surface area contributed by atoms with E-state index in [0.29, 0.717) is 0 Å². The maximum Gasteiger partial charge on any atom is 0.416 e. The van der Waals surface area contributed by atoms with E-state index in [-0.39, 0.29) is 28.9 Å². The van der Waals surface area contributed by atoms with E-state index in [4.69, 9.17) is 5.73 Å². The molecule has 0 bridgehead atoms. The van der Waals surface area contributed by atoms with Gasteiger partial charge < -0.3 is 11.1 Å². The average Bonchev–Trinajstić information content (AvgIpc) is 2.96. The van der Waals surface area contributed by atoms with Gasteiger partial charge in [0.1, 0.15) is 0 Å². The lowest BCUT2D eigenvalue weighted by Gasteiger charge is -2.18. The molecule has 0 saturated heterocycles. The Labute approximate surface area is 137 Å². The van der Waals surface area contributed by atoms with Crippen LogP contribution < -0.4 is 11.1 Å². The molecule has 0 spiro atoms. The summed E-state index contributed by atoms with van der Waals surface area (Å²) in [6.07, 6.45) is -1.59. The van der Waals surface area contributed by atoms with E-state index in [2.05, 4.69) is 10.4 Å². The van der Waals surface area contributed by atoms with Crippen molar-refractivity contribution in [1.82, 2.24) is 9.78 Å². The summed E-state index contributed by atoms with van der Waals surface area (Å²) in [6.45, 7) is 5.70. The third-order valence-electron chi connectivity index (χ3n) is 3.35. The summed E-state index contributed by atoms with van der Waals surface area (Å²) < 4.78 is 40.3. The van der Waals surface area contributed by atoms with E-state index in [1.807, 2.05) is 20.8 Å². The van der Waals surface area contributed by atoms with Gasteiger partial charge in [0.25, 0.3) is 5.91 Å². The van der Waals surface area contributed by atoms with Crippen LogP contribution in [0.2, 0.25) is 0 Å². The number of nitrogens with two attached hydrogens (primary N) is 1. The third kappa shape index (κ3) is 4.14. The molecule has 1 aromatic carbocycles. The molecule has 2 aromatic rings. The smallest absolute Gasteiger partial charge is 0.326 e. The predicted molar refractivity (Wildman–Crippen MR) is 84.5 cm³/mol. The second kappa shape index (κ2) is 6.27. The first-order valence-electron chi connectivity index (χ1n) is 7.28. The van der Waals surface area contributed by atoms with Crippen molar-refractivity contribution in [1.29, 1.82) is 0 Å². The first kappa shape index (κ1) is 18.0. The highest BCUT2D eigenvalue weighted by atomic mass is 19.4. The lowest BCUT2D eigenvalue weighted by atomic mass is 10.1. The summed E-state index contributed by atoms with van der Waals surface area (Å²) in [6, 6.07) is 3.26. The van der Waals surface area contributed by atoms with Crippen molar-refractivity contribution in [2.45, 2.75) is 39.0 Å². The lowest BCUT2D eigenvalue weighted by molar-refractivity contribution is -0.137. The number of carbonyl (C=O) groups is 1. The molecule has 0 atom stereocenters. The van der Waals surface area contributed by atoms with Crippen LogP contribution in [0.1, 0.15) is 42.3 Å². The monoisotopic (exact) mass is 340 g/mol. The van der Waals surface area contributed by atoms with Gasteiger partial charge >= 0.3 is 6.18 Å². The van der Waals surface area contributed by atoms with Gasteiger partial charge in [0.2, 0.25) is 0 Å². The number of alkyl halides is 3. The number of carbonyl (C=O) groups excluding carboxylic acids is 1. The van der Waals surface area contributed by atoms with Crippen LogP contribution in [-0.2, 0) is 18.3 Å². The van der Waals surface area contributed by atoms with Crippen LogP contribution in [0, 0.1) is 0 Å². The minimum atomic E-state index is -4.51. The highest BCUT2D eigenvalue weighted by Crippen LogP contribution is 2.32. The maximum absolute atomic E-state index is 12.9. The van der Waals surface area contributed by atoms with Crippen molar-refractivity contribution in [3.8, 4) is 0 Å². The van der Waals surface area contributed by atoms with Gasteiger partial charge in [-0.25, -0.2) is 0 Å². The van der Waals surface area contributed by atoms with Gasteiger partial charge in [-0.1, -0.05) is 0 Å². The van der Waals surface area contributed by atoms with Gasteiger partial charge in [-0.2, -0.15) is 18.3 Å². The van der Waals surface area contributed by atoms with E-state index in [1.54, 1.807) is 10.9 Å². The SMILES string of the molecule is CC(C)(C)n1cc(C(=O)Nc2cc(CN)cc(C(F)(F)F)c2)cn1. The number of anilines is 1. The normalized spacial score (nSPS) is 12.3. The van der Waals surface area contributed by atoms with Crippen LogP contribution in [0.25, 0.3) is 0 Å². The Bertz CT molecular complexity index is 745. The molecule has 130 valence electrons. The van der Waals surface area contributed by atoms with Crippen LogP contribution in [0.4, 0.5) is 18.9 Å². The zero-order valence-electron chi connectivity index (χ0n) is 13.6. The summed E-state index contributed by atoms with van der Waals surface area (Å²) in [5.41, 5.74) is 4.86. The van der Waals surface area contributed by atoms with Gasteiger partial charge in [0.05, 0.1) is 22.9 Å². The molecule has 1 amide bonds. The molecule has 0 saturated carbocycles. The molecular formula is C16H19F3N4O. The fourth-order valence-electron chi connectivity index (χ4n) is 2.06. The molecule has 0 aliphatic rings. The fourth-order valence-corrected chi connectivity index (χ4v) is 2.06. The summed E-state index contributed by atoms with van der Waals surface area (Å²) >= 11 is 0. The number of benzene rings is 1. The Kier molecular flexibility index (Phi) is 4.70. The molecule has 24 heavy (non-hydrogen) atoms. The molecule has 0 aliphatic carbocycles. The number of amides is 1. The molecule has 2 rings (SSSR count). The average molecular weight is 340 g/mol. The minimum absolute atomic E-state index is 0.0405. The van der Waals surface area contributed by atoms with Crippen LogP contribution in [0.3, 0.4) is 0 Å². The fraction of sp³-hybridized carbons (Fsp3) is 0.375.